The van der Waals surface area contributed by atoms with E-state index < -0.39 is 17.4 Å². The molecule has 0 saturated heterocycles. The number of aliphatic hydroxyl groups excluding tert-OH is 2. The lowest BCUT2D eigenvalue weighted by Gasteiger charge is -2.25. The van der Waals surface area contributed by atoms with Crippen molar-refractivity contribution in [1.29, 1.82) is 0 Å². The Kier molecular flexibility index (Phi) is 5.42. The first kappa shape index (κ1) is 15.9. The van der Waals surface area contributed by atoms with Gasteiger partial charge in [0.15, 0.2) is 0 Å². The normalized spacial score (nSPS) is 11.6. The van der Waals surface area contributed by atoms with E-state index in [1.54, 1.807) is 30.3 Å². The summed E-state index contributed by atoms with van der Waals surface area (Å²) in [4.78, 5) is 22.5. The van der Waals surface area contributed by atoms with Gasteiger partial charge in [0.25, 0.3) is 0 Å². The topological polar surface area (TPSA) is 113 Å². The smallest absolute Gasteiger partial charge is 0.248 e. The molecule has 6 heteroatoms. The summed E-state index contributed by atoms with van der Waals surface area (Å²) in [7, 11) is 0. The maximum absolute atomic E-state index is 11.6. The molecule has 1 aromatic carbocycles. The second-order valence-electron chi connectivity index (χ2n) is 4.69. The molecule has 0 atom stereocenters. The first-order chi connectivity index (χ1) is 9.40. The molecule has 0 radical (unpaired) electrons. The molecule has 1 aromatic rings. The fourth-order valence-electron chi connectivity index (χ4n) is 1.40. The Labute approximate surface area is 116 Å². The van der Waals surface area contributed by atoms with Crippen LogP contribution in [0.5, 0.6) is 0 Å². The Morgan fingerprint density at radius 3 is 2.25 bits per heavy atom. The molecule has 1 rings (SSSR count). The lowest BCUT2D eigenvalue weighted by Crippen LogP contribution is -2.51. The highest BCUT2D eigenvalue weighted by atomic mass is 16.3. The van der Waals surface area contributed by atoms with Crippen LogP contribution < -0.4 is 11.1 Å². The monoisotopic (exact) mass is 278 g/mol. The number of hydrogen-bond donors (Lipinski definition) is 4. The van der Waals surface area contributed by atoms with Gasteiger partial charge in [-0.1, -0.05) is 12.1 Å². The molecule has 5 N–H and O–H groups in total. The van der Waals surface area contributed by atoms with Gasteiger partial charge in [-0.2, -0.15) is 0 Å². The van der Waals surface area contributed by atoms with Gasteiger partial charge in [-0.25, -0.2) is 0 Å². The van der Waals surface area contributed by atoms with E-state index in [2.05, 4.69) is 5.32 Å². The van der Waals surface area contributed by atoms with Crippen LogP contribution in [0.2, 0.25) is 0 Å². The van der Waals surface area contributed by atoms with Gasteiger partial charge in [-0.05, 0) is 30.7 Å². The largest absolute Gasteiger partial charge is 0.394 e. The molecule has 0 aliphatic carbocycles. The van der Waals surface area contributed by atoms with Crippen molar-refractivity contribution in [3.05, 3.63) is 41.5 Å². The third-order valence-corrected chi connectivity index (χ3v) is 2.75. The molecule has 2 amide bonds. The van der Waals surface area contributed by atoms with Gasteiger partial charge >= 0.3 is 0 Å². The third kappa shape index (κ3) is 4.49. The first-order valence-corrected chi connectivity index (χ1v) is 6.02. The summed E-state index contributed by atoms with van der Waals surface area (Å²) in [6.45, 7) is 0.799. The molecule has 0 spiro atoms. The molecule has 20 heavy (non-hydrogen) atoms. The summed E-state index contributed by atoms with van der Waals surface area (Å²) < 4.78 is 0. The number of hydrogen-bond acceptors (Lipinski definition) is 4. The molecule has 0 aliphatic heterocycles. The molecule has 0 bridgehead atoms. The fourth-order valence-corrected chi connectivity index (χ4v) is 1.40. The van der Waals surface area contributed by atoms with E-state index in [-0.39, 0.29) is 13.2 Å². The minimum Gasteiger partial charge on any atom is -0.394 e. The highest BCUT2D eigenvalue weighted by molar-refractivity contribution is 5.94. The van der Waals surface area contributed by atoms with Crippen LogP contribution >= 0.6 is 0 Å². The summed E-state index contributed by atoms with van der Waals surface area (Å²) in [5, 5.41) is 20.6. The summed E-state index contributed by atoms with van der Waals surface area (Å²) in [6.07, 6.45) is 2.83. The maximum atomic E-state index is 11.6. The molecule has 0 unspecified atom stereocenters. The van der Waals surface area contributed by atoms with Crippen LogP contribution in [0.4, 0.5) is 0 Å². The van der Waals surface area contributed by atoms with E-state index in [4.69, 9.17) is 15.9 Å². The summed E-state index contributed by atoms with van der Waals surface area (Å²) in [5.74, 6) is -0.950. The van der Waals surface area contributed by atoms with Crippen LogP contribution in [0, 0.1) is 0 Å². The lowest BCUT2D eigenvalue weighted by molar-refractivity contribution is -0.119. The van der Waals surface area contributed by atoms with Crippen molar-refractivity contribution in [3.63, 3.8) is 0 Å². The van der Waals surface area contributed by atoms with E-state index in [0.29, 0.717) is 5.56 Å². The average Bonchev–Trinajstić information content (AvgIpc) is 2.45. The Morgan fingerprint density at radius 2 is 1.80 bits per heavy atom. The van der Waals surface area contributed by atoms with Gasteiger partial charge in [-0.15, -0.1) is 0 Å². The van der Waals surface area contributed by atoms with Crippen LogP contribution in [-0.2, 0) is 4.79 Å². The Morgan fingerprint density at radius 1 is 1.25 bits per heavy atom. The minimum atomic E-state index is -1.06. The molecule has 108 valence electrons. The predicted octanol–water partition coefficient (Wildman–Crippen LogP) is -0.342. The number of primary amides is 1. The van der Waals surface area contributed by atoms with Crippen molar-refractivity contribution in [2.75, 3.05) is 13.2 Å². The highest BCUT2D eigenvalue weighted by Crippen LogP contribution is 2.06. The van der Waals surface area contributed by atoms with Crippen LogP contribution in [0.15, 0.2) is 30.3 Å². The number of aliphatic hydroxyl groups is 2. The summed E-state index contributed by atoms with van der Waals surface area (Å²) >= 11 is 0. The van der Waals surface area contributed by atoms with Gasteiger partial charge in [0, 0.05) is 11.6 Å². The van der Waals surface area contributed by atoms with E-state index >= 15 is 0 Å². The van der Waals surface area contributed by atoms with Gasteiger partial charge in [0.2, 0.25) is 11.8 Å². The fraction of sp³-hybridized carbons (Fsp3) is 0.286. The van der Waals surface area contributed by atoms with E-state index in [1.165, 1.54) is 13.0 Å². The molecule has 6 nitrogen and oxygen atoms in total. The van der Waals surface area contributed by atoms with Crippen molar-refractivity contribution >= 4 is 17.9 Å². The number of amides is 2. The minimum absolute atomic E-state index is 0.365. The van der Waals surface area contributed by atoms with Gasteiger partial charge in [0.1, 0.15) is 0 Å². The van der Waals surface area contributed by atoms with Crippen LogP contribution in [0.25, 0.3) is 6.08 Å². The predicted molar refractivity (Wildman–Crippen MR) is 74.7 cm³/mol. The number of rotatable bonds is 6. The van der Waals surface area contributed by atoms with E-state index in [0.717, 1.165) is 5.56 Å². The number of carbonyl (C=O) groups is 2. The van der Waals surface area contributed by atoms with Crippen molar-refractivity contribution in [3.8, 4) is 0 Å². The quantitative estimate of drug-likeness (QED) is 0.533. The van der Waals surface area contributed by atoms with Gasteiger partial charge in [-0.3, -0.25) is 9.59 Å². The van der Waals surface area contributed by atoms with E-state index in [1.807, 2.05) is 0 Å². The highest BCUT2D eigenvalue weighted by Gasteiger charge is 2.23. The number of nitrogens with two attached hydrogens (primary N) is 1. The molecule has 0 aliphatic rings. The molecule has 0 fully saturated rings. The van der Waals surface area contributed by atoms with Gasteiger partial charge < -0.3 is 21.3 Å². The third-order valence-electron chi connectivity index (χ3n) is 2.75. The van der Waals surface area contributed by atoms with Crippen LogP contribution in [0.3, 0.4) is 0 Å². The van der Waals surface area contributed by atoms with Gasteiger partial charge in [0.05, 0.1) is 18.8 Å². The van der Waals surface area contributed by atoms with Crippen LogP contribution in [-0.4, -0.2) is 40.8 Å². The molecule has 0 aromatic heterocycles. The Balaban J connectivity index is 2.68. The first-order valence-electron chi connectivity index (χ1n) is 6.02. The van der Waals surface area contributed by atoms with Crippen LogP contribution in [0.1, 0.15) is 22.8 Å². The van der Waals surface area contributed by atoms with Crippen molar-refractivity contribution < 1.29 is 19.8 Å². The average molecular weight is 278 g/mol. The summed E-state index contributed by atoms with van der Waals surface area (Å²) in [5.41, 5.74) is 5.17. The zero-order valence-electron chi connectivity index (χ0n) is 11.2. The van der Waals surface area contributed by atoms with E-state index in [9.17, 15) is 9.59 Å². The molecular formula is C14H18N2O4. The number of carbonyl (C=O) groups excluding carboxylic acids is 2. The molecular weight excluding hydrogens is 260 g/mol. The second kappa shape index (κ2) is 6.83. The SMILES string of the molecule is CC(CO)(CO)NC(=O)/C=C/c1ccc(C(N)=O)cc1. The Bertz CT molecular complexity index is 504. The number of benzene rings is 1. The molecule has 0 heterocycles. The lowest BCUT2D eigenvalue weighted by atomic mass is 10.1. The Hall–Kier alpha value is -2.18. The maximum Gasteiger partial charge on any atom is 0.248 e. The molecule has 0 saturated carbocycles. The zero-order chi connectivity index (χ0) is 15.2. The van der Waals surface area contributed by atoms with Crippen molar-refractivity contribution in [2.24, 2.45) is 5.73 Å². The second-order valence-corrected chi connectivity index (χ2v) is 4.69. The van der Waals surface area contributed by atoms with Crippen molar-refractivity contribution in [1.82, 2.24) is 5.32 Å². The van der Waals surface area contributed by atoms with Crippen molar-refractivity contribution in [2.45, 2.75) is 12.5 Å². The standard InChI is InChI=1S/C14H18N2O4/c1-14(8-17,9-18)16-12(19)7-4-10-2-5-11(6-3-10)13(15)20/h2-7,17-18H,8-9H2,1H3,(H2,15,20)(H,16,19)/b7-4+. The summed E-state index contributed by atoms with van der Waals surface area (Å²) in [6, 6.07) is 6.43. The number of nitrogens with one attached hydrogen (secondary N) is 1. The zero-order valence-corrected chi connectivity index (χ0v) is 11.2.